The second-order valence-electron chi connectivity index (χ2n) is 3.87. The van der Waals surface area contributed by atoms with Gasteiger partial charge in [0, 0.05) is 12.0 Å². The third-order valence-electron chi connectivity index (χ3n) is 2.70. The number of carbonyl (C=O) groups is 1. The Morgan fingerprint density at radius 2 is 2.53 bits per heavy atom. The van der Waals surface area contributed by atoms with Crippen molar-refractivity contribution in [3.8, 4) is 11.5 Å². The van der Waals surface area contributed by atoms with E-state index >= 15 is 0 Å². The SMILES string of the molecule is C=CC(=O)NC[C@H]1Cc2cc(OC)ccc2O1. The topological polar surface area (TPSA) is 47.6 Å². The van der Waals surface area contributed by atoms with E-state index in [9.17, 15) is 4.79 Å². The van der Waals surface area contributed by atoms with Gasteiger partial charge in [-0.15, -0.1) is 0 Å². The van der Waals surface area contributed by atoms with Gasteiger partial charge in [-0.25, -0.2) is 0 Å². The molecule has 4 nitrogen and oxygen atoms in total. The van der Waals surface area contributed by atoms with Crippen molar-refractivity contribution in [2.75, 3.05) is 13.7 Å². The summed E-state index contributed by atoms with van der Waals surface area (Å²) in [6.07, 6.45) is 2.02. The molecule has 1 atom stereocenters. The summed E-state index contributed by atoms with van der Waals surface area (Å²) in [5, 5.41) is 2.72. The van der Waals surface area contributed by atoms with E-state index in [0.29, 0.717) is 6.54 Å². The fourth-order valence-corrected chi connectivity index (χ4v) is 1.82. The van der Waals surface area contributed by atoms with Crippen LogP contribution < -0.4 is 14.8 Å². The highest BCUT2D eigenvalue weighted by molar-refractivity contribution is 5.86. The first-order valence-corrected chi connectivity index (χ1v) is 5.46. The van der Waals surface area contributed by atoms with Gasteiger partial charge < -0.3 is 14.8 Å². The smallest absolute Gasteiger partial charge is 0.243 e. The van der Waals surface area contributed by atoms with Crippen LogP contribution in [0, 0.1) is 0 Å². The summed E-state index contributed by atoms with van der Waals surface area (Å²) in [7, 11) is 1.64. The van der Waals surface area contributed by atoms with Crippen LogP contribution in [0.15, 0.2) is 30.9 Å². The van der Waals surface area contributed by atoms with Crippen LogP contribution in [0.1, 0.15) is 5.56 Å². The zero-order valence-corrected chi connectivity index (χ0v) is 9.73. The standard InChI is InChI=1S/C13H15NO3/c1-3-13(15)14-8-11-7-9-6-10(16-2)4-5-12(9)17-11/h3-6,11H,1,7-8H2,2H3,(H,14,15)/t11-/m1/s1. The Hall–Kier alpha value is -1.97. The molecule has 1 N–H and O–H groups in total. The number of amides is 1. The molecule has 0 spiro atoms. The highest BCUT2D eigenvalue weighted by Gasteiger charge is 2.23. The quantitative estimate of drug-likeness (QED) is 0.797. The predicted molar refractivity (Wildman–Crippen MR) is 64.3 cm³/mol. The summed E-state index contributed by atoms with van der Waals surface area (Å²) in [4.78, 5) is 11.0. The fraction of sp³-hybridized carbons (Fsp3) is 0.308. The lowest BCUT2D eigenvalue weighted by Crippen LogP contribution is -2.33. The molecule has 0 unspecified atom stereocenters. The van der Waals surface area contributed by atoms with Gasteiger partial charge in [-0.3, -0.25) is 4.79 Å². The van der Waals surface area contributed by atoms with Gasteiger partial charge in [0.2, 0.25) is 5.91 Å². The van der Waals surface area contributed by atoms with E-state index in [4.69, 9.17) is 9.47 Å². The van der Waals surface area contributed by atoms with Crippen LogP contribution in [0.5, 0.6) is 11.5 Å². The Morgan fingerprint density at radius 3 is 3.24 bits per heavy atom. The molecule has 0 saturated carbocycles. The Kier molecular flexibility index (Phi) is 3.32. The highest BCUT2D eigenvalue weighted by atomic mass is 16.5. The minimum absolute atomic E-state index is 0.0130. The van der Waals surface area contributed by atoms with Gasteiger partial charge in [0.1, 0.15) is 17.6 Å². The zero-order valence-electron chi connectivity index (χ0n) is 9.73. The molecular formula is C13H15NO3. The monoisotopic (exact) mass is 233 g/mol. The fourth-order valence-electron chi connectivity index (χ4n) is 1.82. The van der Waals surface area contributed by atoms with E-state index in [1.165, 1.54) is 6.08 Å². The summed E-state index contributed by atoms with van der Waals surface area (Å²) in [6, 6.07) is 5.72. The largest absolute Gasteiger partial charge is 0.497 e. The molecule has 0 radical (unpaired) electrons. The summed E-state index contributed by atoms with van der Waals surface area (Å²) in [6.45, 7) is 3.89. The molecule has 0 aromatic heterocycles. The molecule has 17 heavy (non-hydrogen) atoms. The van der Waals surface area contributed by atoms with Gasteiger partial charge in [0.15, 0.2) is 0 Å². The van der Waals surface area contributed by atoms with Gasteiger partial charge in [-0.2, -0.15) is 0 Å². The lowest BCUT2D eigenvalue weighted by atomic mass is 10.1. The molecule has 0 saturated heterocycles. The van der Waals surface area contributed by atoms with E-state index < -0.39 is 0 Å². The Balaban J connectivity index is 1.96. The van der Waals surface area contributed by atoms with Gasteiger partial charge in [-0.05, 0) is 24.3 Å². The number of fused-ring (bicyclic) bond motifs is 1. The van der Waals surface area contributed by atoms with Crippen molar-refractivity contribution in [2.45, 2.75) is 12.5 Å². The van der Waals surface area contributed by atoms with Crippen LogP contribution in [0.2, 0.25) is 0 Å². The Bertz CT molecular complexity index is 442. The molecule has 0 aliphatic carbocycles. The average molecular weight is 233 g/mol. The number of carbonyl (C=O) groups excluding carboxylic acids is 1. The summed E-state index contributed by atoms with van der Waals surface area (Å²) in [5.74, 6) is 1.51. The number of hydrogen-bond donors (Lipinski definition) is 1. The lowest BCUT2D eigenvalue weighted by Gasteiger charge is -2.10. The van der Waals surface area contributed by atoms with Gasteiger partial charge in [0.05, 0.1) is 13.7 Å². The molecule has 0 fully saturated rings. The van der Waals surface area contributed by atoms with E-state index in [-0.39, 0.29) is 12.0 Å². The molecule has 1 aliphatic rings. The summed E-state index contributed by atoms with van der Waals surface area (Å²) < 4.78 is 10.8. The minimum Gasteiger partial charge on any atom is -0.497 e. The highest BCUT2D eigenvalue weighted by Crippen LogP contribution is 2.31. The van der Waals surface area contributed by atoms with Crippen molar-refractivity contribution in [1.82, 2.24) is 5.32 Å². The molecule has 1 aliphatic heterocycles. The number of methoxy groups -OCH3 is 1. The summed E-state index contributed by atoms with van der Waals surface area (Å²) >= 11 is 0. The third kappa shape index (κ3) is 2.58. The maximum atomic E-state index is 11.0. The number of hydrogen-bond acceptors (Lipinski definition) is 3. The van der Waals surface area contributed by atoms with Crippen molar-refractivity contribution in [1.29, 1.82) is 0 Å². The number of benzene rings is 1. The minimum atomic E-state index is -0.179. The maximum absolute atomic E-state index is 11.0. The Morgan fingerprint density at radius 1 is 1.71 bits per heavy atom. The van der Waals surface area contributed by atoms with E-state index in [0.717, 1.165) is 23.5 Å². The van der Waals surface area contributed by atoms with E-state index in [2.05, 4.69) is 11.9 Å². The molecule has 90 valence electrons. The molecule has 2 rings (SSSR count). The summed E-state index contributed by atoms with van der Waals surface area (Å²) in [5.41, 5.74) is 1.11. The van der Waals surface area contributed by atoms with Crippen molar-refractivity contribution in [3.05, 3.63) is 36.4 Å². The van der Waals surface area contributed by atoms with Crippen LogP contribution in [-0.2, 0) is 11.2 Å². The molecule has 4 heteroatoms. The Labute approximate surface area is 100 Å². The van der Waals surface area contributed by atoms with Crippen LogP contribution in [0.4, 0.5) is 0 Å². The molecule has 1 aromatic rings. The van der Waals surface area contributed by atoms with Crippen molar-refractivity contribution in [3.63, 3.8) is 0 Å². The molecule has 1 aromatic carbocycles. The number of nitrogens with one attached hydrogen (secondary N) is 1. The van der Waals surface area contributed by atoms with Gasteiger partial charge in [-0.1, -0.05) is 6.58 Å². The normalized spacial score (nSPS) is 16.9. The van der Waals surface area contributed by atoms with Crippen LogP contribution >= 0.6 is 0 Å². The van der Waals surface area contributed by atoms with E-state index in [1.54, 1.807) is 7.11 Å². The average Bonchev–Trinajstić information content (AvgIpc) is 2.77. The zero-order chi connectivity index (χ0) is 12.3. The lowest BCUT2D eigenvalue weighted by molar-refractivity contribution is -0.116. The van der Waals surface area contributed by atoms with Crippen molar-refractivity contribution >= 4 is 5.91 Å². The second-order valence-corrected chi connectivity index (χ2v) is 3.87. The molecule has 1 amide bonds. The second kappa shape index (κ2) is 4.91. The molecule has 1 heterocycles. The van der Waals surface area contributed by atoms with Crippen LogP contribution in [0.3, 0.4) is 0 Å². The van der Waals surface area contributed by atoms with Crippen LogP contribution in [0.25, 0.3) is 0 Å². The van der Waals surface area contributed by atoms with Crippen molar-refractivity contribution in [2.24, 2.45) is 0 Å². The first-order chi connectivity index (χ1) is 8.22. The van der Waals surface area contributed by atoms with Crippen molar-refractivity contribution < 1.29 is 14.3 Å². The molecular weight excluding hydrogens is 218 g/mol. The number of ether oxygens (including phenoxy) is 2. The van der Waals surface area contributed by atoms with Crippen LogP contribution in [-0.4, -0.2) is 25.7 Å². The van der Waals surface area contributed by atoms with E-state index in [1.807, 2.05) is 18.2 Å². The first kappa shape index (κ1) is 11.5. The first-order valence-electron chi connectivity index (χ1n) is 5.46. The van der Waals surface area contributed by atoms with Gasteiger partial charge in [0.25, 0.3) is 0 Å². The molecule has 0 bridgehead atoms. The maximum Gasteiger partial charge on any atom is 0.243 e. The predicted octanol–water partition coefficient (Wildman–Crippen LogP) is 1.30. The number of rotatable bonds is 4. The van der Waals surface area contributed by atoms with Gasteiger partial charge >= 0.3 is 0 Å². The third-order valence-corrected chi connectivity index (χ3v) is 2.70.